The number of benzene rings is 2. The number of nitrogens with zero attached hydrogens (tertiary/aromatic N) is 2. The summed E-state index contributed by atoms with van der Waals surface area (Å²) >= 11 is 3.52. The molecular weight excluding hydrogens is 392 g/mol. The Bertz CT molecular complexity index is 807. The lowest BCUT2D eigenvalue weighted by Gasteiger charge is -2.45. The summed E-state index contributed by atoms with van der Waals surface area (Å²) in [5.41, 5.74) is 0.507. The zero-order chi connectivity index (χ0) is 18.0. The maximum atomic E-state index is 10.2. The van der Waals surface area contributed by atoms with Crippen LogP contribution < -0.4 is 4.74 Å². The summed E-state index contributed by atoms with van der Waals surface area (Å²) in [5.74, 6) is 0.764. The third-order valence-corrected chi connectivity index (χ3v) is 5.98. The first-order valence-corrected chi connectivity index (χ1v) is 9.76. The first-order chi connectivity index (χ1) is 12.7. The Morgan fingerprint density at radius 1 is 1.19 bits per heavy atom. The minimum atomic E-state index is -0.685. The number of halogens is 1. The first-order valence-electron chi connectivity index (χ1n) is 8.97. The summed E-state index contributed by atoms with van der Waals surface area (Å²) < 4.78 is 13.1. The zero-order valence-corrected chi connectivity index (χ0v) is 16.1. The van der Waals surface area contributed by atoms with Crippen LogP contribution in [-0.4, -0.2) is 29.9 Å². The molecule has 2 aliphatic rings. The maximum Gasteiger partial charge on any atom is 0.146 e. The summed E-state index contributed by atoms with van der Waals surface area (Å²) in [7, 11) is 0. The lowest BCUT2D eigenvalue weighted by Crippen LogP contribution is -2.57. The smallest absolute Gasteiger partial charge is 0.146 e. The van der Waals surface area contributed by atoms with Crippen molar-refractivity contribution in [2.75, 3.05) is 13.2 Å². The van der Waals surface area contributed by atoms with Crippen molar-refractivity contribution >= 4 is 15.9 Å². The number of ether oxygens (including phenoxy) is 2. The van der Waals surface area contributed by atoms with Gasteiger partial charge in [-0.25, -0.2) is 4.90 Å². The number of hydrogen-bond acceptors (Lipinski definition) is 4. The minimum Gasteiger partial charge on any atom is -0.489 e. The van der Waals surface area contributed by atoms with E-state index in [1.807, 2.05) is 42.5 Å². The number of piperidine rings is 1. The molecule has 2 aromatic rings. The van der Waals surface area contributed by atoms with Crippen molar-refractivity contribution in [3.05, 3.63) is 64.6 Å². The minimum absolute atomic E-state index is 0.0172. The molecule has 4 nitrogen and oxygen atoms in total. The quantitative estimate of drug-likeness (QED) is 0.731. The van der Waals surface area contributed by atoms with Gasteiger partial charge in [-0.2, -0.15) is 5.26 Å². The third kappa shape index (κ3) is 3.14. The summed E-state index contributed by atoms with van der Waals surface area (Å²) in [4.78, 5) is 2.25. The molecule has 2 aromatic carbocycles. The summed E-state index contributed by atoms with van der Waals surface area (Å²) in [6.45, 7) is 0.947. The van der Waals surface area contributed by atoms with Gasteiger partial charge in [0.2, 0.25) is 0 Å². The van der Waals surface area contributed by atoms with Gasteiger partial charge < -0.3 is 9.47 Å². The standard InChI is InChI=1S/C21H21BrN2O2/c22-17-9-4-5-10-19(17)26-15-21(14-23)12-6-11-20-24(21)18(13-25-20)16-7-2-1-3-8-16/h1-5,7-10,18,20H,6,11-13,15H2/t18-,20+,21-/m0/s1. The number of nitriles is 1. The lowest BCUT2D eigenvalue weighted by atomic mass is 9.85. The molecule has 0 unspecified atom stereocenters. The fraction of sp³-hybridized carbons (Fsp3) is 0.381. The molecule has 0 aliphatic carbocycles. The van der Waals surface area contributed by atoms with Crippen LogP contribution in [0.1, 0.15) is 30.9 Å². The first kappa shape index (κ1) is 17.5. The van der Waals surface area contributed by atoms with E-state index >= 15 is 0 Å². The van der Waals surface area contributed by atoms with E-state index < -0.39 is 5.54 Å². The molecule has 2 heterocycles. The third-order valence-electron chi connectivity index (χ3n) is 5.32. The van der Waals surface area contributed by atoms with Crippen molar-refractivity contribution in [1.29, 1.82) is 5.26 Å². The number of para-hydroxylation sites is 1. The molecule has 0 bridgehead atoms. The zero-order valence-electron chi connectivity index (χ0n) is 14.5. The molecule has 0 radical (unpaired) electrons. The molecule has 0 aromatic heterocycles. The van der Waals surface area contributed by atoms with E-state index in [0.29, 0.717) is 13.2 Å². The molecular formula is C21H21BrN2O2. The van der Waals surface area contributed by atoms with E-state index in [4.69, 9.17) is 9.47 Å². The Labute approximate surface area is 162 Å². The molecule has 2 saturated heterocycles. The molecule has 0 amide bonds. The predicted octanol–water partition coefficient (Wildman–Crippen LogP) is 4.67. The van der Waals surface area contributed by atoms with Gasteiger partial charge in [-0.1, -0.05) is 42.5 Å². The van der Waals surface area contributed by atoms with Gasteiger partial charge in [0.15, 0.2) is 0 Å². The van der Waals surface area contributed by atoms with Crippen molar-refractivity contribution in [1.82, 2.24) is 4.90 Å². The largest absolute Gasteiger partial charge is 0.489 e. The van der Waals surface area contributed by atoms with Crippen LogP contribution in [0.5, 0.6) is 5.75 Å². The lowest BCUT2D eigenvalue weighted by molar-refractivity contribution is -0.0659. The Hall–Kier alpha value is -1.87. The van der Waals surface area contributed by atoms with Crippen LogP contribution in [0.3, 0.4) is 0 Å². The summed E-state index contributed by atoms with van der Waals surface area (Å²) in [6, 6.07) is 20.8. The molecule has 3 atom stereocenters. The van der Waals surface area contributed by atoms with E-state index in [1.54, 1.807) is 0 Å². The monoisotopic (exact) mass is 412 g/mol. The Morgan fingerprint density at radius 2 is 1.96 bits per heavy atom. The average Bonchev–Trinajstić information content (AvgIpc) is 3.13. The second kappa shape index (κ2) is 7.40. The number of hydrogen-bond donors (Lipinski definition) is 0. The van der Waals surface area contributed by atoms with Crippen molar-refractivity contribution in [2.24, 2.45) is 0 Å². The van der Waals surface area contributed by atoms with Crippen LogP contribution in [0.25, 0.3) is 0 Å². The Morgan fingerprint density at radius 3 is 2.73 bits per heavy atom. The van der Waals surface area contributed by atoms with Crippen LogP contribution in [-0.2, 0) is 4.74 Å². The van der Waals surface area contributed by atoms with Gasteiger partial charge in [0.1, 0.15) is 24.1 Å². The van der Waals surface area contributed by atoms with Crippen LogP contribution >= 0.6 is 15.9 Å². The Balaban J connectivity index is 1.63. The molecule has 0 spiro atoms. The van der Waals surface area contributed by atoms with Gasteiger partial charge in [0, 0.05) is 0 Å². The molecule has 4 rings (SSSR count). The highest BCUT2D eigenvalue weighted by Gasteiger charge is 2.52. The van der Waals surface area contributed by atoms with Gasteiger partial charge >= 0.3 is 0 Å². The molecule has 5 heteroatoms. The Kier molecular flexibility index (Phi) is 4.99. The molecule has 2 aliphatic heterocycles. The van der Waals surface area contributed by atoms with Gasteiger partial charge in [0.05, 0.1) is 23.2 Å². The highest BCUT2D eigenvalue weighted by molar-refractivity contribution is 9.10. The molecule has 26 heavy (non-hydrogen) atoms. The highest BCUT2D eigenvalue weighted by Crippen LogP contribution is 2.44. The van der Waals surface area contributed by atoms with E-state index in [-0.39, 0.29) is 12.3 Å². The maximum absolute atomic E-state index is 10.2. The van der Waals surface area contributed by atoms with E-state index in [0.717, 1.165) is 29.5 Å². The van der Waals surface area contributed by atoms with Crippen molar-refractivity contribution in [2.45, 2.75) is 37.1 Å². The number of fused-ring (bicyclic) bond motifs is 1. The summed E-state index contributed by atoms with van der Waals surface area (Å²) in [5, 5.41) is 10.2. The second-order valence-corrected chi connectivity index (χ2v) is 7.73. The molecule has 0 N–H and O–H groups in total. The van der Waals surface area contributed by atoms with Crippen LogP contribution in [0.15, 0.2) is 59.1 Å². The topological polar surface area (TPSA) is 45.5 Å². The fourth-order valence-electron chi connectivity index (χ4n) is 4.04. The summed E-state index contributed by atoms with van der Waals surface area (Å²) in [6.07, 6.45) is 2.70. The molecule has 2 fully saturated rings. The van der Waals surface area contributed by atoms with Crippen molar-refractivity contribution in [3.8, 4) is 11.8 Å². The van der Waals surface area contributed by atoms with E-state index in [1.165, 1.54) is 5.56 Å². The fourth-order valence-corrected chi connectivity index (χ4v) is 4.44. The van der Waals surface area contributed by atoms with E-state index in [2.05, 4.69) is 39.0 Å². The van der Waals surface area contributed by atoms with Crippen molar-refractivity contribution in [3.63, 3.8) is 0 Å². The van der Waals surface area contributed by atoms with E-state index in [9.17, 15) is 5.26 Å². The highest BCUT2D eigenvalue weighted by atomic mass is 79.9. The van der Waals surface area contributed by atoms with Gasteiger partial charge in [-0.3, -0.25) is 0 Å². The predicted molar refractivity (Wildman–Crippen MR) is 103 cm³/mol. The SMILES string of the molecule is N#C[C@]1(COc2ccccc2Br)CCC[C@H]2OC[C@@H](c3ccccc3)N21. The van der Waals surface area contributed by atoms with Crippen LogP contribution in [0.2, 0.25) is 0 Å². The van der Waals surface area contributed by atoms with Gasteiger partial charge in [-0.15, -0.1) is 0 Å². The average molecular weight is 413 g/mol. The van der Waals surface area contributed by atoms with Crippen molar-refractivity contribution < 1.29 is 9.47 Å². The second-order valence-electron chi connectivity index (χ2n) is 6.88. The van der Waals surface area contributed by atoms with Gasteiger partial charge in [-0.05, 0) is 52.9 Å². The van der Waals surface area contributed by atoms with Crippen LogP contribution in [0.4, 0.5) is 0 Å². The van der Waals surface area contributed by atoms with Crippen LogP contribution in [0, 0.1) is 11.3 Å². The number of rotatable bonds is 4. The molecule has 0 saturated carbocycles. The normalized spacial score (nSPS) is 28.3. The van der Waals surface area contributed by atoms with Gasteiger partial charge in [0.25, 0.3) is 0 Å². The molecule has 134 valence electrons.